The summed E-state index contributed by atoms with van der Waals surface area (Å²) in [7, 11) is 0. The lowest BCUT2D eigenvalue weighted by molar-refractivity contribution is -0.126. The first kappa shape index (κ1) is 17.4. The first-order valence-electron chi connectivity index (χ1n) is 9.04. The summed E-state index contributed by atoms with van der Waals surface area (Å²) in [5, 5.41) is 3.54. The Morgan fingerprint density at radius 1 is 1.23 bits per heavy atom. The molecule has 26 heavy (non-hydrogen) atoms. The van der Waals surface area contributed by atoms with Crippen LogP contribution in [0.1, 0.15) is 29.4 Å². The number of amides is 2. The first-order valence-corrected chi connectivity index (χ1v) is 9.86. The predicted octanol–water partition coefficient (Wildman–Crippen LogP) is 2.47. The van der Waals surface area contributed by atoms with E-state index >= 15 is 0 Å². The molecule has 1 aliphatic carbocycles. The van der Waals surface area contributed by atoms with E-state index in [0.717, 1.165) is 17.5 Å². The Hall–Kier alpha value is -1.99. The van der Waals surface area contributed by atoms with Crippen LogP contribution < -0.4 is 5.32 Å². The molecule has 1 saturated heterocycles. The van der Waals surface area contributed by atoms with Crippen molar-refractivity contribution in [2.75, 3.05) is 26.2 Å². The van der Waals surface area contributed by atoms with E-state index in [2.05, 4.69) is 10.2 Å². The van der Waals surface area contributed by atoms with Gasteiger partial charge in [0.1, 0.15) is 5.82 Å². The largest absolute Gasteiger partial charge is 0.352 e. The van der Waals surface area contributed by atoms with Gasteiger partial charge in [-0.1, -0.05) is 6.07 Å². The molecule has 138 valence electrons. The summed E-state index contributed by atoms with van der Waals surface area (Å²) in [6, 6.07) is 6.74. The van der Waals surface area contributed by atoms with E-state index in [0.29, 0.717) is 42.5 Å². The van der Waals surface area contributed by atoms with Crippen molar-refractivity contribution in [1.82, 2.24) is 15.1 Å². The van der Waals surface area contributed by atoms with E-state index in [1.165, 1.54) is 17.4 Å². The molecular formula is C19H22FN3O2S. The van der Waals surface area contributed by atoms with Gasteiger partial charge in [0.15, 0.2) is 0 Å². The van der Waals surface area contributed by atoms with Crippen molar-refractivity contribution < 1.29 is 14.0 Å². The van der Waals surface area contributed by atoms with Crippen LogP contribution in [0.4, 0.5) is 4.39 Å². The van der Waals surface area contributed by atoms with Gasteiger partial charge in [-0.2, -0.15) is 0 Å². The van der Waals surface area contributed by atoms with Gasteiger partial charge in [-0.25, -0.2) is 4.39 Å². The third-order valence-electron chi connectivity index (χ3n) is 5.17. The highest BCUT2D eigenvalue weighted by Crippen LogP contribution is 2.28. The molecule has 5 nitrogen and oxygen atoms in total. The molecule has 1 unspecified atom stereocenters. The number of halogens is 1. The van der Waals surface area contributed by atoms with E-state index in [9.17, 15) is 14.0 Å². The topological polar surface area (TPSA) is 52.7 Å². The zero-order valence-corrected chi connectivity index (χ0v) is 15.5. The number of nitrogens with zero attached hydrogens (tertiary/aromatic N) is 2. The molecule has 0 bridgehead atoms. The van der Waals surface area contributed by atoms with Gasteiger partial charge in [0.25, 0.3) is 5.91 Å². The van der Waals surface area contributed by atoms with Crippen LogP contribution in [-0.4, -0.2) is 59.9 Å². The summed E-state index contributed by atoms with van der Waals surface area (Å²) in [6.45, 7) is 4.42. The highest BCUT2D eigenvalue weighted by Gasteiger charge is 2.31. The van der Waals surface area contributed by atoms with E-state index in [-0.39, 0.29) is 23.7 Å². The molecule has 1 aliphatic heterocycles. The van der Waals surface area contributed by atoms with Gasteiger partial charge < -0.3 is 10.2 Å². The molecule has 1 aromatic heterocycles. The minimum Gasteiger partial charge on any atom is -0.352 e. The number of thiophene rings is 1. The van der Waals surface area contributed by atoms with Crippen LogP contribution in [0.5, 0.6) is 0 Å². The van der Waals surface area contributed by atoms with Gasteiger partial charge in [-0.3, -0.25) is 14.5 Å². The second kappa shape index (κ2) is 6.96. The maximum Gasteiger partial charge on any atom is 0.264 e. The number of fused-ring (bicyclic) bond motifs is 1. The van der Waals surface area contributed by atoms with Crippen molar-refractivity contribution >= 4 is 33.2 Å². The number of nitrogens with one attached hydrogen (secondary N) is 1. The quantitative estimate of drug-likeness (QED) is 0.893. The molecular weight excluding hydrogens is 353 g/mol. The fraction of sp³-hybridized carbons (Fsp3) is 0.474. The van der Waals surface area contributed by atoms with Crippen molar-refractivity contribution in [3.8, 4) is 0 Å². The fourth-order valence-corrected chi connectivity index (χ4v) is 4.36. The SMILES string of the molecule is CC(C(=O)NC1CC1)N1CCN(C(=O)c2cc3c(F)cccc3s2)CC1. The molecule has 2 amide bonds. The van der Waals surface area contributed by atoms with Gasteiger partial charge >= 0.3 is 0 Å². The maximum atomic E-state index is 13.9. The van der Waals surface area contributed by atoms with Gasteiger partial charge in [0.05, 0.1) is 10.9 Å². The van der Waals surface area contributed by atoms with Gasteiger partial charge in [-0.05, 0) is 38.0 Å². The van der Waals surface area contributed by atoms with Crippen molar-refractivity contribution in [1.29, 1.82) is 0 Å². The number of hydrogen-bond donors (Lipinski definition) is 1. The van der Waals surface area contributed by atoms with Crippen LogP contribution >= 0.6 is 11.3 Å². The summed E-state index contributed by atoms with van der Waals surface area (Å²) in [5.74, 6) is -0.272. The number of piperazine rings is 1. The van der Waals surface area contributed by atoms with Crippen LogP contribution in [0.2, 0.25) is 0 Å². The minimum atomic E-state index is -0.293. The maximum absolute atomic E-state index is 13.9. The lowest BCUT2D eigenvalue weighted by Gasteiger charge is -2.37. The highest BCUT2D eigenvalue weighted by molar-refractivity contribution is 7.20. The lowest BCUT2D eigenvalue weighted by atomic mass is 10.2. The molecule has 7 heteroatoms. The third-order valence-corrected chi connectivity index (χ3v) is 6.26. The van der Waals surface area contributed by atoms with E-state index < -0.39 is 0 Å². The highest BCUT2D eigenvalue weighted by atomic mass is 32.1. The number of benzene rings is 1. The summed E-state index contributed by atoms with van der Waals surface area (Å²) < 4.78 is 14.6. The molecule has 0 radical (unpaired) electrons. The van der Waals surface area contributed by atoms with Crippen LogP contribution in [0.15, 0.2) is 24.3 Å². The van der Waals surface area contributed by atoms with Gasteiger partial charge in [-0.15, -0.1) is 11.3 Å². The van der Waals surface area contributed by atoms with E-state index in [1.807, 2.05) is 13.0 Å². The average Bonchev–Trinajstić information content (AvgIpc) is 3.35. The minimum absolute atomic E-state index is 0.0552. The molecule has 4 rings (SSSR count). The second-order valence-electron chi connectivity index (χ2n) is 7.05. The van der Waals surface area contributed by atoms with E-state index in [4.69, 9.17) is 0 Å². The van der Waals surface area contributed by atoms with Gasteiger partial charge in [0, 0.05) is 42.3 Å². The summed E-state index contributed by atoms with van der Waals surface area (Å²) >= 11 is 1.33. The molecule has 2 aliphatic rings. The van der Waals surface area contributed by atoms with Crippen LogP contribution in [-0.2, 0) is 4.79 Å². The summed E-state index contributed by atoms with van der Waals surface area (Å²) in [4.78, 5) is 29.4. The molecule has 2 fully saturated rings. The molecule has 0 spiro atoms. The van der Waals surface area contributed by atoms with E-state index in [1.54, 1.807) is 17.0 Å². The molecule has 2 aromatic rings. The Bertz CT molecular complexity index is 840. The van der Waals surface area contributed by atoms with Crippen molar-refractivity contribution in [3.05, 3.63) is 35.0 Å². The van der Waals surface area contributed by atoms with Crippen LogP contribution in [0.3, 0.4) is 0 Å². The molecule has 1 saturated carbocycles. The summed E-state index contributed by atoms with van der Waals surface area (Å²) in [6.07, 6.45) is 2.16. The number of carbonyl (C=O) groups is 2. The monoisotopic (exact) mass is 375 g/mol. The number of carbonyl (C=O) groups excluding carboxylic acids is 2. The Balaban J connectivity index is 1.38. The first-order chi connectivity index (χ1) is 12.5. The second-order valence-corrected chi connectivity index (χ2v) is 8.13. The van der Waals surface area contributed by atoms with Crippen LogP contribution in [0.25, 0.3) is 10.1 Å². The smallest absolute Gasteiger partial charge is 0.264 e. The average molecular weight is 375 g/mol. The number of rotatable bonds is 4. The van der Waals surface area contributed by atoms with Crippen LogP contribution in [0, 0.1) is 5.82 Å². The Kier molecular flexibility index (Phi) is 4.67. The van der Waals surface area contributed by atoms with Crippen molar-refractivity contribution in [3.63, 3.8) is 0 Å². The predicted molar refractivity (Wildman–Crippen MR) is 99.9 cm³/mol. The van der Waals surface area contributed by atoms with Crippen molar-refractivity contribution in [2.24, 2.45) is 0 Å². The molecule has 1 atom stereocenters. The van der Waals surface area contributed by atoms with Gasteiger partial charge in [0.2, 0.25) is 5.91 Å². The molecule has 1 N–H and O–H groups in total. The normalized spacial score (nSPS) is 19.5. The lowest BCUT2D eigenvalue weighted by Crippen LogP contribution is -2.55. The summed E-state index contributed by atoms with van der Waals surface area (Å²) in [5.41, 5.74) is 0. The Labute approximate surface area is 155 Å². The molecule has 1 aromatic carbocycles. The third kappa shape index (κ3) is 3.46. The Morgan fingerprint density at radius 2 is 1.96 bits per heavy atom. The Morgan fingerprint density at radius 3 is 2.62 bits per heavy atom. The fourth-order valence-electron chi connectivity index (χ4n) is 3.31. The zero-order valence-electron chi connectivity index (χ0n) is 14.7. The standard InChI is InChI=1S/C19H22FN3O2S/c1-12(18(24)21-13-5-6-13)22-7-9-23(10-8-22)19(25)17-11-14-15(20)3-2-4-16(14)26-17/h2-4,11-13H,5-10H2,1H3,(H,21,24). The number of hydrogen-bond acceptors (Lipinski definition) is 4. The molecule has 2 heterocycles. The van der Waals surface area contributed by atoms with Crippen molar-refractivity contribution in [2.45, 2.75) is 31.8 Å². The zero-order chi connectivity index (χ0) is 18.3.